The Balaban J connectivity index is 1.45. The van der Waals surface area contributed by atoms with Crippen LogP contribution < -0.4 is 10.1 Å². The number of nitro benzene ring substituents is 1. The molecule has 1 N–H and O–H groups in total. The Labute approximate surface area is 236 Å². The highest BCUT2D eigenvalue weighted by atomic mass is 32.1. The van der Waals surface area contributed by atoms with Gasteiger partial charge < -0.3 is 18.9 Å². The Morgan fingerprint density at radius 2 is 2.10 bits per heavy atom. The number of ether oxygens (including phenoxy) is 1. The van der Waals surface area contributed by atoms with Crippen molar-refractivity contribution in [2.24, 2.45) is 16.3 Å². The molecule has 5 rings (SSSR count). The van der Waals surface area contributed by atoms with Crippen molar-refractivity contribution in [3.63, 3.8) is 0 Å². The quantitative estimate of drug-likeness (QED) is 0.136. The lowest BCUT2D eigenvalue weighted by atomic mass is 9.72. The van der Waals surface area contributed by atoms with E-state index in [4.69, 9.17) is 13.6 Å². The first-order valence-electron chi connectivity index (χ1n) is 13.1. The fraction of sp³-hybridized carbons (Fsp3) is 0.333. The molecule has 1 aliphatic carbocycles. The third kappa shape index (κ3) is 5.72. The number of amides is 1. The molecule has 1 atom stereocenters. The number of nitro groups is 1. The van der Waals surface area contributed by atoms with Gasteiger partial charge in [-0.1, -0.05) is 20.8 Å². The number of hydrogen-bond acceptors (Lipinski definition) is 8. The third-order valence-electron chi connectivity index (χ3n) is 7.30. The van der Waals surface area contributed by atoms with Gasteiger partial charge in [0.05, 0.1) is 48.2 Å². The van der Waals surface area contributed by atoms with Crippen molar-refractivity contribution in [2.75, 3.05) is 7.11 Å². The van der Waals surface area contributed by atoms with Gasteiger partial charge in [0.1, 0.15) is 28.0 Å². The molecule has 1 amide bonds. The van der Waals surface area contributed by atoms with Gasteiger partial charge in [-0.2, -0.15) is 0 Å². The maximum absolute atomic E-state index is 13.4. The van der Waals surface area contributed by atoms with E-state index in [1.165, 1.54) is 29.4 Å². The van der Waals surface area contributed by atoms with Crippen LogP contribution in [0.3, 0.4) is 0 Å². The van der Waals surface area contributed by atoms with Crippen LogP contribution in [0.15, 0.2) is 62.6 Å². The zero-order chi connectivity index (χ0) is 28.4. The molecule has 9 nitrogen and oxygen atoms in total. The van der Waals surface area contributed by atoms with E-state index in [9.17, 15) is 14.9 Å². The van der Waals surface area contributed by atoms with Crippen molar-refractivity contribution < 1.29 is 23.3 Å². The third-order valence-corrected chi connectivity index (χ3v) is 8.47. The molecule has 1 aromatic carbocycles. The average molecular weight is 562 g/mol. The number of nitrogens with zero attached hydrogens (tertiary/aromatic N) is 2. The summed E-state index contributed by atoms with van der Waals surface area (Å²) >= 11 is 1.54. The van der Waals surface area contributed by atoms with Gasteiger partial charge in [0.25, 0.3) is 11.6 Å². The molecule has 0 radical (unpaired) electrons. The molecule has 3 aromatic heterocycles. The maximum atomic E-state index is 13.4. The summed E-state index contributed by atoms with van der Waals surface area (Å²) < 4.78 is 16.4. The highest BCUT2D eigenvalue weighted by Gasteiger charge is 2.33. The van der Waals surface area contributed by atoms with Crippen LogP contribution in [-0.2, 0) is 19.4 Å². The Hall–Kier alpha value is -4.18. The van der Waals surface area contributed by atoms with Crippen LogP contribution in [0.1, 0.15) is 59.5 Å². The second-order valence-electron chi connectivity index (χ2n) is 10.9. The summed E-state index contributed by atoms with van der Waals surface area (Å²) in [5.74, 6) is 2.14. The molecule has 0 bridgehead atoms. The van der Waals surface area contributed by atoms with E-state index in [0.717, 1.165) is 24.8 Å². The van der Waals surface area contributed by atoms with Gasteiger partial charge in [0.15, 0.2) is 0 Å². The van der Waals surface area contributed by atoms with Crippen molar-refractivity contribution in [2.45, 2.75) is 46.6 Å². The van der Waals surface area contributed by atoms with Crippen LogP contribution in [0.25, 0.3) is 11.3 Å². The number of nitrogens with one attached hydrogen (secondary N) is 1. The van der Waals surface area contributed by atoms with Crippen LogP contribution >= 0.6 is 11.3 Å². The van der Waals surface area contributed by atoms with E-state index in [-0.39, 0.29) is 23.6 Å². The summed E-state index contributed by atoms with van der Waals surface area (Å²) in [7, 11) is 1.46. The first-order valence-corrected chi connectivity index (χ1v) is 13.9. The zero-order valence-electron chi connectivity index (χ0n) is 22.9. The largest absolute Gasteiger partial charge is 0.497 e. The lowest BCUT2D eigenvalue weighted by Gasteiger charge is -2.33. The van der Waals surface area contributed by atoms with Crippen molar-refractivity contribution >= 4 is 34.1 Å². The monoisotopic (exact) mass is 561 g/mol. The standard InChI is InChI=1S/C30H31N3O6S/c1-30(2,3)18-7-10-23-26(14-18)40-29(27(23)28(34)31-16-20-6-5-13-38-20)32-17-21-9-12-25(39-21)22-11-8-19(37-4)15-24(22)33(35)36/h5-6,8-9,11-13,15,17-18H,7,10,14,16H2,1-4H3,(H,31,34)/t18-/m1/s1. The fourth-order valence-corrected chi connectivity index (χ4v) is 6.26. The average Bonchev–Trinajstić information content (AvgIpc) is 3.69. The number of thiophene rings is 1. The molecule has 3 heterocycles. The molecule has 208 valence electrons. The molecule has 4 aromatic rings. The van der Waals surface area contributed by atoms with E-state index in [1.807, 2.05) is 6.07 Å². The van der Waals surface area contributed by atoms with Gasteiger partial charge in [0.2, 0.25) is 0 Å². The second kappa shape index (κ2) is 11.1. The maximum Gasteiger partial charge on any atom is 0.284 e. The van der Waals surface area contributed by atoms with Crippen LogP contribution in [0, 0.1) is 21.4 Å². The van der Waals surface area contributed by atoms with Crippen LogP contribution in [0.5, 0.6) is 5.75 Å². The summed E-state index contributed by atoms with van der Waals surface area (Å²) in [4.78, 5) is 30.4. The molecule has 0 unspecified atom stereocenters. The molecule has 10 heteroatoms. The van der Waals surface area contributed by atoms with Crippen molar-refractivity contribution in [3.8, 4) is 17.1 Å². The number of carbonyl (C=O) groups excluding carboxylic acids is 1. The van der Waals surface area contributed by atoms with Gasteiger partial charge in [-0.3, -0.25) is 14.9 Å². The van der Waals surface area contributed by atoms with Crippen LogP contribution in [-0.4, -0.2) is 24.2 Å². The van der Waals surface area contributed by atoms with Gasteiger partial charge in [-0.25, -0.2) is 4.99 Å². The molecule has 0 saturated carbocycles. The number of methoxy groups -OCH3 is 1. The van der Waals surface area contributed by atoms with Gasteiger partial charge in [-0.15, -0.1) is 11.3 Å². The number of hydrogen-bond donors (Lipinski definition) is 1. The molecule has 40 heavy (non-hydrogen) atoms. The normalized spacial score (nSPS) is 15.2. The van der Waals surface area contributed by atoms with Crippen molar-refractivity contribution in [1.82, 2.24) is 5.32 Å². The molecule has 1 aliphatic rings. The summed E-state index contributed by atoms with van der Waals surface area (Å²) in [5, 5.41) is 15.2. The molecule has 0 saturated heterocycles. The second-order valence-corrected chi connectivity index (χ2v) is 11.9. The predicted octanol–water partition coefficient (Wildman–Crippen LogP) is 7.35. The van der Waals surface area contributed by atoms with Crippen molar-refractivity contribution in [1.29, 1.82) is 0 Å². The minimum Gasteiger partial charge on any atom is -0.497 e. The number of fused-ring (bicyclic) bond motifs is 1. The SMILES string of the molecule is COc1ccc(-c2ccc(C=Nc3sc4c(c3C(=O)NCc3ccco3)CC[C@@H](C(C)(C)C)C4)o2)c([N+](=O)[O-])c1. The van der Waals surface area contributed by atoms with E-state index >= 15 is 0 Å². The van der Waals surface area contributed by atoms with Crippen LogP contribution in [0.4, 0.5) is 10.7 Å². The van der Waals surface area contributed by atoms with Gasteiger partial charge >= 0.3 is 0 Å². The lowest BCUT2D eigenvalue weighted by Crippen LogP contribution is -2.28. The summed E-state index contributed by atoms with van der Waals surface area (Å²) in [6.45, 7) is 7.06. The molecule has 0 aliphatic heterocycles. The number of rotatable bonds is 8. The molecular formula is C30H31N3O6S. The minimum absolute atomic E-state index is 0.118. The van der Waals surface area contributed by atoms with Gasteiger partial charge in [-0.05, 0) is 72.6 Å². The fourth-order valence-electron chi connectivity index (χ4n) is 4.99. The number of furan rings is 2. The molecular weight excluding hydrogens is 530 g/mol. The number of aliphatic imine (C=N–C) groups is 1. The van der Waals surface area contributed by atoms with E-state index < -0.39 is 4.92 Å². The highest BCUT2D eigenvalue weighted by Crippen LogP contribution is 2.45. The van der Waals surface area contributed by atoms with E-state index in [2.05, 4.69) is 31.1 Å². The first kappa shape index (κ1) is 27.4. The topological polar surface area (TPSA) is 120 Å². The van der Waals surface area contributed by atoms with Gasteiger partial charge in [0, 0.05) is 4.88 Å². The van der Waals surface area contributed by atoms with Crippen LogP contribution in [0.2, 0.25) is 0 Å². The Morgan fingerprint density at radius 3 is 2.80 bits per heavy atom. The lowest BCUT2D eigenvalue weighted by molar-refractivity contribution is -0.384. The predicted molar refractivity (Wildman–Crippen MR) is 154 cm³/mol. The summed E-state index contributed by atoms with van der Waals surface area (Å²) in [5.41, 5.74) is 2.04. The Bertz CT molecular complexity index is 1560. The highest BCUT2D eigenvalue weighted by molar-refractivity contribution is 7.16. The first-order chi connectivity index (χ1) is 19.1. The molecule has 0 spiro atoms. The number of carbonyl (C=O) groups is 1. The van der Waals surface area contributed by atoms with Crippen molar-refractivity contribution in [3.05, 3.63) is 86.4 Å². The summed E-state index contributed by atoms with van der Waals surface area (Å²) in [6.07, 6.45) is 5.87. The summed E-state index contributed by atoms with van der Waals surface area (Å²) in [6, 6.07) is 11.6. The van der Waals surface area contributed by atoms with E-state index in [0.29, 0.717) is 45.1 Å². The van der Waals surface area contributed by atoms with E-state index in [1.54, 1.807) is 42.8 Å². The number of benzene rings is 1. The Kier molecular flexibility index (Phi) is 7.62. The Morgan fingerprint density at radius 1 is 1.27 bits per heavy atom. The smallest absolute Gasteiger partial charge is 0.284 e. The zero-order valence-corrected chi connectivity index (χ0v) is 23.7. The molecule has 0 fully saturated rings. The minimum atomic E-state index is -0.469.